The van der Waals surface area contributed by atoms with Gasteiger partial charge in [0, 0.05) is 30.0 Å². The van der Waals surface area contributed by atoms with Crippen LogP contribution in [-0.4, -0.2) is 30.8 Å². The van der Waals surface area contributed by atoms with Crippen LogP contribution in [0.2, 0.25) is 0 Å². The average molecular weight is 301 g/mol. The maximum atomic E-state index is 5.52. The van der Waals surface area contributed by atoms with Gasteiger partial charge >= 0.3 is 0 Å². The Bertz CT molecular complexity index is 329. The van der Waals surface area contributed by atoms with Gasteiger partial charge in [0.2, 0.25) is 0 Å². The number of rotatable bonds is 7. The van der Waals surface area contributed by atoms with Crippen LogP contribution in [0.15, 0.2) is 22.9 Å². The van der Waals surface area contributed by atoms with E-state index in [1.807, 2.05) is 6.20 Å². The van der Waals surface area contributed by atoms with Crippen LogP contribution in [-0.2, 0) is 11.2 Å². The van der Waals surface area contributed by atoms with Gasteiger partial charge in [-0.2, -0.15) is 0 Å². The Morgan fingerprint density at radius 2 is 2.18 bits per heavy atom. The van der Waals surface area contributed by atoms with E-state index in [2.05, 4.69) is 46.1 Å². The minimum atomic E-state index is 0.244. The van der Waals surface area contributed by atoms with Crippen molar-refractivity contribution in [1.82, 2.24) is 10.3 Å². The molecule has 4 heteroatoms. The molecular weight excluding hydrogens is 280 g/mol. The van der Waals surface area contributed by atoms with Crippen molar-refractivity contribution in [2.24, 2.45) is 0 Å². The number of ether oxygens (including phenoxy) is 1. The molecule has 1 rings (SSSR count). The summed E-state index contributed by atoms with van der Waals surface area (Å²) in [6, 6.07) is 2.45. The first kappa shape index (κ1) is 14.6. The van der Waals surface area contributed by atoms with E-state index in [0.717, 1.165) is 23.9 Å². The maximum Gasteiger partial charge on any atom is 0.0724 e. The van der Waals surface area contributed by atoms with Gasteiger partial charge in [0.1, 0.15) is 0 Å². The minimum absolute atomic E-state index is 0.244. The maximum absolute atomic E-state index is 5.52. The van der Waals surface area contributed by atoms with E-state index >= 15 is 0 Å². The predicted molar refractivity (Wildman–Crippen MR) is 74.2 cm³/mol. The van der Waals surface area contributed by atoms with E-state index in [-0.39, 0.29) is 6.10 Å². The molecule has 0 bridgehead atoms. The molecule has 17 heavy (non-hydrogen) atoms. The number of nitrogens with one attached hydrogen (secondary N) is 1. The second-order valence-electron chi connectivity index (χ2n) is 4.06. The van der Waals surface area contributed by atoms with Crippen LogP contribution in [0.1, 0.15) is 25.8 Å². The SMILES string of the molecule is CCNC(Cc1cncc(Br)c1)C(CC)OC. The molecule has 0 fully saturated rings. The highest BCUT2D eigenvalue weighted by Crippen LogP contribution is 2.14. The third-order valence-corrected chi connectivity index (χ3v) is 3.27. The van der Waals surface area contributed by atoms with Crippen LogP contribution in [0, 0.1) is 0 Å². The van der Waals surface area contributed by atoms with Crippen molar-refractivity contribution in [3.8, 4) is 0 Å². The van der Waals surface area contributed by atoms with E-state index in [1.54, 1.807) is 13.3 Å². The minimum Gasteiger partial charge on any atom is -0.380 e. The lowest BCUT2D eigenvalue weighted by Crippen LogP contribution is -2.42. The van der Waals surface area contributed by atoms with Crippen molar-refractivity contribution in [2.75, 3.05) is 13.7 Å². The Labute approximate surface area is 112 Å². The number of hydrogen-bond acceptors (Lipinski definition) is 3. The fourth-order valence-electron chi connectivity index (χ4n) is 2.03. The summed E-state index contributed by atoms with van der Waals surface area (Å²) in [5.41, 5.74) is 1.22. The van der Waals surface area contributed by atoms with Crippen molar-refractivity contribution < 1.29 is 4.74 Å². The monoisotopic (exact) mass is 300 g/mol. The second kappa shape index (κ2) is 7.80. The highest BCUT2D eigenvalue weighted by Gasteiger charge is 2.19. The number of likely N-dealkylation sites (N-methyl/N-ethyl adjacent to an activating group) is 1. The molecular formula is C13H21BrN2O. The molecule has 2 atom stereocenters. The fourth-order valence-corrected chi connectivity index (χ4v) is 2.45. The highest BCUT2D eigenvalue weighted by atomic mass is 79.9. The van der Waals surface area contributed by atoms with Gasteiger partial charge in [-0.15, -0.1) is 0 Å². The molecule has 3 nitrogen and oxygen atoms in total. The number of nitrogens with zero attached hydrogens (tertiary/aromatic N) is 1. The Kier molecular flexibility index (Phi) is 6.70. The smallest absolute Gasteiger partial charge is 0.0724 e. The molecule has 1 heterocycles. The Balaban J connectivity index is 2.71. The largest absolute Gasteiger partial charge is 0.380 e. The van der Waals surface area contributed by atoms with E-state index in [0.29, 0.717) is 6.04 Å². The first-order chi connectivity index (χ1) is 8.21. The lowest BCUT2D eigenvalue weighted by molar-refractivity contribution is 0.0658. The molecule has 1 aromatic heterocycles. The van der Waals surface area contributed by atoms with Gasteiger partial charge in [-0.3, -0.25) is 4.98 Å². The number of halogens is 1. The molecule has 1 aromatic rings. The molecule has 0 aliphatic rings. The van der Waals surface area contributed by atoms with E-state index in [1.165, 1.54) is 5.56 Å². The van der Waals surface area contributed by atoms with Gasteiger partial charge in [-0.1, -0.05) is 13.8 Å². The summed E-state index contributed by atoms with van der Waals surface area (Å²) in [4.78, 5) is 4.19. The topological polar surface area (TPSA) is 34.2 Å². The zero-order valence-electron chi connectivity index (χ0n) is 10.7. The van der Waals surface area contributed by atoms with Crippen molar-refractivity contribution in [1.29, 1.82) is 0 Å². The molecule has 1 N–H and O–H groups in total. The number of pyridine rings is 1. The molecule has 0 radical (unpaired) electrons. The Hall–Kier alpha value is -0.450. The van der Waals surface area contributed by atoms with Gasteiger partial charge in [0.05, 0.1) is 6.10 Å². The zero-order valence-corrected chi connectivity index (χ0v) is 12.3. The van der Waals surface area contributed by atoms with Crippen LogP contribution in [0.5, 0.6) is 0 Å². The van der Waals surface area contributed by atoms with E-state index in [9.17, 15) is 0 Å². The first-order valence-corrected chi connectivity index (χ1v) is 6.86. The lowest BCUT2D eigenvalue weighted by atomic mass is 10.0. The van der Waals surface area contributed by atoms with Crippen molar-refractivity contribution >= 4 is 15.9 Å². The molecule has 0 aromatic carbocycles. The van der Waals surface area contributed by atoms with Crippen LogP contribution >= 0.6 is 15.9 Å². The molecule has 0 amide bonds. The summed E-state index contributed by atoms with van der Waals surface area (Å²) in [5, 5.41) is 3.48. The summed E-state index contributed by atoms with van der Waals surface area (Å²) < 4.78 is 6.55. The van der Waals surface area contributed by atoms with Gasteiger partial charge in [-0.05, 0) is 46.9 Å². The summed E-state index contributed by atoms with van der Waals surface area (Å²) >= 11 is 3.45. The predicted octanol–water partition coefficient (Wildman–Crippen LogP) is 2.79. The van der Waals surface area contributed by atoms with Gasteiger partial charge in [0.25, 0.3) is 0 Å². The van der Waals surface area contributed by atoms with Crippen LogP contribution in [0.25, 0.3) is 0 Å². The third-order valence-electron chi connectivity index (χ3n) is 2.84. The number of methoxy groups -OCH3 is 1. The average Bonchev–Trinajstić information content (AvgIpc) is 2.31. The molecule has 0 aliphatic heterocycles. The van der Waals surface area contributed by atoms with Gasteiger partial charge < -0.3 is 10.1 Å². The molecule has 0 aliphatic carbocycles. The molecule has 0 saturated heterocycles. The fraction of sp³-hybridized carbons (Fsp3) is 0.615. The summed E-state index contributed by atoms with van der Waals surface area (Å²) in [6.07, 6.45) is 5.91. The number of hydrogen-bond donors (Lipinski definition) is 1. The Morgan fingerprint density at radius 1 is 1.41 bits per heavy atom. The molecule has 96 valence electrons. The van der Waals surface area contributed by atoms with Gasteiger partial charge in [-0.25, -0.2) is 0 Å². The summed E-state index contributed by atoms with van der Waals surface area (Å²) in [5.74, 6) is 0. The quantitative estimate of drug-likeness (QED) is 0.841. The van der Waals surface area contributed by atoms with Crippen LogP contribution < -0.4 is 5.32 Å². The molecule has 2 unspecified atom stereocenters. The van der Waals surface area contributed by atoms with Crippen LogP contribution in [0.4, 0.5) is 0 Å². The van der Waals surface area contributed by atoms with Gasteiger partial charge in [0.15, 0.2) is 0 Å². The van der Waals surface area contributed by atoms with Crippen molar-refractivity contribution in [2.45, 2.75) is 38.8 Å². The molecule has 0 saturated carbocycles. The first-order valence-electron chi connectivity index (χ1n) is 6.06. The normalized spacial score (nSPS) is 14.6. The number of aromatic nitrogens is 1. The highest BCUT2D eigenvalue weighted by molar-refractivity contribution is 9.10. The lowest BCUT2D eigenvalue weighted by Gasteiger charge is -2.26. The van der Waals surface area contributed by atoms with Crippen LogP contribution in [0.3, 0.4) is 0 Å². The second-order valence-corrected chi connectivity index (χ2v) is 4.98. The zero-order chi connectivity index (χ0) is 12.7. The van der Waals surface area contributed by atoms with E-state index in [4.69, 9.17) is 4.74 Å². The van der Waals surface area contributed by atoms with Crippen molar-refractivity contribution in [3.63, 3.8) is 0 Å². The van der Waals surface area contributed by atoms with E-state index < -0.39 is 0 Å². The molecule has 0 spiro atoms. The summed E-state index contributed by atoms with van der Waals surface area (Å²) in [6.45, 7) is 5.22. The Morgan fingerprint density at radius 3 is 2.71 bits per heavy atom. The standard InChI is InChI=1S/C13H21BrN2O/c1-4-13(17-3)12(16-5-2)7-10-6-11(14)9-15-8-10/h6,8-9,12-13,16H,4-5,7H2,1-3H3. The third kappa shape index (κ3) is 4.74. The summed E-state index contributed by atoms with van der Waals surface area (Å²) in [7, 11) is 1.78. The van der Waals surface area contributed by atoms with Crippen molar-refractivity contribution in [3.05, 3.63) is 28.5 Å².